The number of hydrogen-bond donors (Lipinski definition) is 2. The molecule has 0 atom stereocenters. The van der Waals surface area contributed by atoms with E-state index in [9.17, 15) is 4.39 Å². The largest absolute Gasteiger partial charge is 0.356 e. The van der Waals surface area contributed by atoms with Crippen LogP contribution in [0.2, 0.25) is 0 Å². The molecule has 7 heteroatoms. The summed E-state index contributed by atoms with van der Waals surface area (Å²) in [5, 5.41) is 6.72. The van der Waals surface area contributed by atoms with Gasteiger partial charge in [0.1, 0.15) is 18.0 Å². The first-order valence-electron chi connectivity index (χ1n) is 9.32. The van der Waals surface area contributed by atoms with Gasteiger partial charge in [0.15, 0.2) is 5.96 Å². The molecule has 2 aromatic heterocycles. The van der Waals surface area contributed by atoms with E-state index in [1.807, 2.05) is 29.0 Å². The highest BCUT2D eigenvalue weighted by Crippen LogP contribution is 2.47. The molecule has 0 aliphatic heterocycles. The maximum Gasteiger partial charge on any atom is 0.191 e. The molecule has 1 fully saturated rings. The van der Waals surface area contributed by atoms with E-state index in [0.29, 0.717) is 6.54 Å². The molecule has 0 spiro atoms. The molecule has 0 saturated heterocycles. The number of rotatable bonds is 6. The van der Waals surface area contributed by atoms with Gasteiger partial charge in [-0.3, -0.25) is 9.56 Å². The fraction of sp³-hybridized carbons (Fsp3) is 0.286. The minimum atomic E-state index is -0.183. The zero-order chi connectivity index (χ0) is 19.4. The molecule has 144 valence electrons. The number of imidazole rings is 1. The Labute approximate surface area is 163 Å². The summed E-state index contributed by atoms with van der Waals surface area (Å²) in [6.45, 7) is 1.35. The lowest BCUT2D eigenvalue weighted by Crippen LogP contribution is -2.40. The van der Waals surface area contributed by atoms with E-state index in [4.69, 9.17) is 0 Å². The molecular weight excluding hydrogens is 355 g/mol. The van der Waals surface area contributed by atoms with Gasteiger partial charge in [0.2, 0.25) is 0 Å². The smallest absolute Gasteiger partial charge is 0.191 e. The Bertz CT molecular complexity index is 963. The number of benzene rings is 1. The highest BCUT2D eigenvalue weighted by Gasteiger charge is 2.44. The molecule has 0 radical (unpaired) electrons. The van der Waals surface area contributed by atoms with Crippen LogP contribution >= 0.6 is 0 Å². The fourth-order valence-corrected chi connectivity index (χ4v) is 3.30. The van der Waals surface area contributed by atoms with Crippen molar-refractivity contribution in [1.82, 2.24) is 25.2 Å². The average Bonchev–Trinajstić information content (AvgIpc) is 3.31. The number of guanidine groups is 1. The van der Waals surface area contributed by atoms with Gasteiger partial charge < -0.3 is 10.6 Å². The van der Waals surface area contributed by atoms with E-state index < -0.39 is 0 Å². The quantitative estimate of drug-likeness (QED) is 0.511. The van der Waals surface area contributed by atoms with Crippen molar-refractivity contribution in [2.75, 3.05) is 13.6 Å². The molecule has 1 aliphatic carbocycles. The molecular formula is C21H23FN6. The van der Waals surface area contributed by atoms with Gasteiger partial charge in [-0.25, -0.2) is 14.4 Å². The van der Waals surface area contributed by atoms with Gasteiger partial charge >= 0.3 is 0 Å². The molecule has 0 amide bonds. The highest BCUT2D eigenvalue weighted by molar-refractivity contribution is 5.79. The highest BCUT2D eigenvalue weighted by atomic mass is 19.1. The first-order chi connectivity index (χ1) is 13.7. The van der Waals surface area contributed by atoms with Gasteiger partial charge in [0, 0.05) is 44.1 Å². The first-order valence-corrected chi connectivity index (χ1v) is 9.32. The Hall–Kier alpha value is -3.22. The maximum atomic E-state index is 13.6. The summed E-state index contributed by atoms with van der Waals surface area (Å²) in [6, 6.07) is 10.9. The predicted molar refractivity (Wildman–Crippen MR) is 107 cm³/mol. The maximum absolute atomic E-state index is 13.6. The van der Waals surface area contributed by atoms with Crippen molar-refractivity contribution >= 4 is 5.96 Å². The summed E-state index contributed by atoms with van der Waals surface area (Å²) in [5.41, 5.74) is 2.15. The standard InChI is InChI=1S/C21H23FN6/c1-23-20(27-14-21(6-7-21)17-3-2-4-18(22)12-17)26-13-16-5-8-25-19(11-16)28-10-9-24-15-28/h2-5,8-12,15H,6-7,13-14H2,1H3,(H2,23,26,27). The van der Waals surface area contributed by atoms with Crippen molar-refractivity contribution < 1.29 is 4.39 Å². The van der Waals surface area contributed by atoms with Crippen molar-refractivity contribution in [3.05, 3.63) is 78.3 Å². The van der Waals surface area contributed by atoms with Gasteiger partial charge in [-0.05, 0) is 48.2 Å². The Morgan fingerprint density at radius 1 is 1.21 bits per heavy atom. The normalized spacial score (nSPS) is 15.3. The summed E-state index contributed by atoms with van der Waals surface area (Å²) in [4.78, 5) is 12.7. The van der Waals surface area contributed by atoms with Gasteiger partial charge in [0.25, 0.3) is 0 Å². The molecule has 1 aromatic carbocycles. The van der Waals surface area contributed by atoms with Crippen molar-refractivity contribution in [1.29, 1.82) is 0 Å². The number of aromatic nitrogens is 3. The van der Waals surface area contributed by atoms with Crippen molar-refractivity contribution in [2.45, 2.75) is 24.8 Å². The van der Waals surface area contributed by atoms with Crippen LogP contribution in [0.15, 0.2) is 66.3 Å². The van der Waals surface area contributed by atoms with Gasteiger partial charge in [-0.15, -0.1) is 0 Å². The van der Waals surface area contributed by atoms with Gasteiger partial charge in [0.05, 0.1) is 0 Å². The monoisotopic (exact) mass is 378 g/mol. The Morgan fingerprint density at radius 3 is 2.82 bits per heavy atom. The third-order valence-electron chi connectivity index (χ3n) is 5.15. The van der Waals surface area contributed by atoms with Gasteiger partial charge in [-0.1, -0.05) is 12.1 Å². The first kappa shape index (κ1) is 18.2. The Kier molecular flexibility index (Phi) is 5.06. The van der Waals surface area contributed by atoms with E-state index >= 15 is 0 Å². The average molecular weight is 378 g/mol. The lowest BCUT2D eigenvalue weighted by Gasteiger charge is -2.19. The van der Waals surface area contributed by atoms with Crippen molar-refractivity contribution in [3.8, 4) is 5.82 Å². The number of pyridine rings is 1. The van der Waals surface area contributed by atoms with Gasteiger partial charge in [-0.2, -0.15) is 0 Å². The minimum Gasteiger partial charge on any atom is -0.356 e. The molecule has 1 aliphatic rings. The van der Waals surface area contributed by atoms with Crippen LogP contribution in [-0.2, 0) is 12.0 Å². The van der Waals surface area contributed by atoms with E-state index in [0.717, 1.165) is 42.3 Å². The topological polar surface area (TPSA) is 67.1 Å². The van der Waals surface area contributed by atoms with Crippen molar-refractivity contribution in [2.24, 2.45) is 4.99 Å². The molecule has 28 heavy (non-hydrogen) atoms. The van der Waals surface area contributed by atoms with Crippen LogP contribution in [0.5, 0.6) is 0 Å². The molecule has 0 unspecified atom stereocenters. The van der Waals surface area contributed by atoms with Crippen LogP contribution in [-0.4, -0.2) is 34.1 Å². The number of halogens is 1. The van der Waals surface area contributed by atoms with E-state index in [1.54, 1.807) is 37.9 Å². The summed E-state index contributed by atoms with van der Waals surface area (Å²) in [7, 11) is 1.75. The number of nitrogens with zero attached hydrogens (tertiary/aromatic N) is 4. The van der Waals surface area contributed by atoms with Crippen molar-refractivity contribution in [3.63, 3.8) is 0 Å². The SMILES string of the molecule is CN=C(NCc1ccnc(-n2ccnc2)c1)NCC1(c2cccc(F)c2)CC1. The Balaban J connectivity index is 1.35. The summed E-state index contributed by atoms with van der Waals surface area (Å²) in [6.07, 6.45) is 9.21. The molecule has 0 bridgehead atoms. The zero-order valence-electron chi connectivity index (χ0n) is 15.8. The number of aliphatic imine (C=N–C) groups is 1. The molecule has 6 nitrogen and oxygen atoms in total. The summed E-state index contributed by atoms with van der Waals surface area (Å²) < 4.78 is 15.4. The predicted octanol–water partition coefficient (Wildman–Crippen LogP) is 2.80. The van der Waals surface area contributed by atoms with Crippen LogP contribution in [0.25, 0.3) is 5.82 Å². The number of nitrogens with one attached hydrogen (secondary N) is 2. The van der Waals surface area contributed by atoms with E-state index in [-0.39, 0.29) is 11.2 Å². The second-order valence-corrected chi connectivity index (χ2v) is 7.06. The number of hydrogen-bond acceptors (Lipinski definition) is 3. The third kappa shape index (κ3) is 4.03. The third-order valence-corrected chi connectivity index (χ3v) is 5.15. The van der Waals surface area contributed by atoms with Crippen LogP contribution in [0.1, 0.15) is 24.0 Å². The molecule has 2 N–H and O–H groups in total. The van der Waals surface area contributed by atoms with Crippen LogP contribution in [0.4, 0.5) is 4.39 Å². The fourth-order valence-electron chi connectivity index (χ4n) is 3.30. The van der Waals surface area contributed by atoms with E-state index in [2.05, 4.69) is 25.6 Å². The van der Waals surface area contributed by atoms with Crippen LogP contribution in [0.3, 0.4) is 0 Å². The molecule has 3 aromatic rings. The second-order valence-electron chi connectivity index (χ2n) is 7.06. The van der Waals surface area contributed by atoms with E-state index in [1.165, 1.54) is 6.07 Å². The summed E-state index contributed by atoms with van der Waals surface area (Å²) in [5.74, 6) is 1.36. The second kappa shape index (κ2) is 7.80. The molecule has 1 saturated carbocycles. The van der Waals surface area contributed by atoms with Crippen LogP contribution < -0.4 is 10.6 Å². The lowest BCUT2D eigenvalue weighted by molar-refractivity contribution is 0.607. The Morgan fingerprint density at radius 2 is 2.11 bits per heavy atom. The summed E-state index contributed by atoms with van der Waals surface area (Å²) >= 11 is 0. The molecule has 2 heterocycles. The molecule has 4 rings (SSSR count). The zero-order valence-corrected chi connectivity index (χ0v) is 15.8. The van der Waals surface area contributed by atoms with Crippen LogP contribution in [0, 0.1) is 5.82 Å². The lowest BCUT2D eigenvalue weighted by atomic mass is 9.96. The minimum absolute atomic E-state index is 0.00494.